The molecule has 26 heavy (non-hydrogen) atoms. The van der Waals surface area contributed by atoms with Gasteiger partial charge < -0.3 is 10.1 Å². The number of para-hydroxylation sites is 1. The van der Waals surface area contributed by atoms with Crippen molar-refractivity contribution >= 4 is 28.6 Å². The largest absolute Gasteiger partial charge is 0.491 e. The Morgan fingerprint density at radius 2 is 2.00 bits per heavy atom. The van der Waals surface area contributed by atoms with Gasteiger partial charge in [-0.05, 0) is 31.5 Å². The summed E-state index contributed by atoms with van der Waals surface area (Å²) >= 11 is 1.41. The maximum Gasteiger partial charge on any atom is 0.230 e. The van der Waals surface area contributed by atoms with E-state index in [4.69, 9.17) is 4.74 Å². The number of aromatic nitrogens is 2. The highest BCUT2D eigenvalue weighted by Gasteiger charge is 2.07. The third kappa shape index (κ3) is 4.73. The summed E-state index contributed by atoms with van der Waals surface area (Å²) in [5.41, 5.74) is 3.19. The molecule has 0 radical (unpaired) electrons. The van der Waals surface area contributed by atoms with Crippen LogP contribution in [0.2, 0.25) is 0 Å². The van der Waals surface area contributed by atoms with Gasteiger partial charge in [0.1, 0.15) is 23.7 Å². The Morgan fingerprint density at radius 3 is 2.85 bits per heavy atom. The molecule has 3 aromatic rings. The molecular formula is C20H21N3O2S. The maximum atomic E-state index is 12.0. The van der Waals surface area contributed by atoms with Crippen molar-refractivity contribution in [3.63, 3.8) is 0 Å². The van der Waals surface area contributed by atoms with Crippen LogP contribution >= 0.6 is 11.8 Å². The Bertz CT molecular complexity index is 909. The topological polar surface area (TPSA) is 64.1 Å². The molecule has 1 aromatic heterocycles. The fraction of sp³-hybridized carbons (Fsp3) is 0.250. The van der Waals surface area contributed by atoms with Gasteiger partial charge in [0.25, 0.3) is 0 Å². The molecule has 0 unspecified atom stereocenters. The zero-order chi connectivity index (χ0) is 18.4. The predicted molar refractivity (Wildman–Crippen MR) is 105 cm³/mol. The first-order valence-electron chi connectivity index (χ1n) is 8.43. The van der Waals surface area contributed by atoms with Crippen molar-refractivity contribution in [1.29, 1.82) is 0 Å². The second kappa shape index (κ2) is 8.67. The van der Waals surface area contributed by atoms with E-state index in [1.165, 1.54) is 23.7 Å². The average Bonchev–Trinajstić information content (AvgIpc) is 2.65. The summed E-state index contributed by atoms with van der Waals surface area (Å²) < 4.78 is 5.72. The second-order valence-electron chi connectivity index (χ2n) is 5.95. The number of carbonyl (C=O) groups excluding carboxylic acids is 1. The number of hydrogen-bond donors (Lipinski definition) is 1. The second-order valence-corrected chi connectivity index (χ2v) is 6.92. The van der Waals surface area contributed by atoms with Gasteiger partial charge in [0.05, 0.1) is 17.8 Å². The summed E-state index contributed by atoms with van der Waals surface area (Å²) in [7, 11) is 0. The van der Waals surface area contributed by atoms with Crippen LogP contribution in [0.5, 0.6) is 5.75 Å². The Labute approximate surface area is 157 Å². The van der Waals surface area contributed by atoms with Gasteiger partial charge in [-0.15, -0.1) is 0 Å². The van der Waals surface area contributed by atoms with Gasteiger partial charge in [0.2, 0.25) is 5.91 Å². The van der Waals surface area contributed by atoms with Crippen LogP contribution in [0.3, 0.4) is 0 Å². The van der Waals surface area contributed by atoms with Crippen LogP contribution in [0, 0.1) is 13.8 Å². The fourth-order valence-electron chi connectivity index (χ4n) is 2.59. The predicted octanol–water partition coefficient (Wildman–Crippen LogP) is 3.53. The molecule has 1 heterocycles. The van der Waals surface area contributed by atoms with Crippen molar-refractivity contribution in [1.82, 2.24) is 15.3 Å². The quantitative estimate of drug-likeness (QED) is 0.393. The molecule has 0 aliphatic heterocycles. The number of benzene rings is 2. The van der Waals surface area contributed by atoms with Crippen molar-refractivity contribution < 1.29 is 9.53 Å². The number of nitrogens with zero attached hydrogens (tertiary/aromatic N) is 2. The first kappa shape index (κ1) is 18.2. The highest BCUT2D eigenvalue weighted by Crippen LogP contribution is 2.23. The number of fused-ring (bicyclic) bond motifs is 1. The van der Waals surface area contributed by atoms with Crippen LogP contribution < -0.4 is 10.1 Å². The van der Waals surface area contributed by atoms with E-state index in [0.717, 1.165) is 27.2 Å². The lowest BCUT2D eigenvalue weighted by molar-refractivity contribution is -0.118. The minimum atomic E-state index is -0.0399. The van der Waals surface area contributed by atoms with Crippen molar-refractivity contribution in [2.75, 3.05) is 18.9 Å². The summed E-state index contributed by atoms with van der Waals surface area (Å²) in [6.07, 6.45) is 1.53. The van der Waals surface area contributed by atoms with Gasteiger partial charge in [-0.1, -0.05) is 47.7 Å². The first-order chi connectivity index (χ1) is 12.6. The Kier molecular flexibility index (Phi) is 6.07. The lowest BCUT2D eigenvalue weighted by Crippen LogP contribution is -2.29. The molecule has 1 amide bonds. The van der Waals surface area contributed by atoms with Crippen molar-refractivity contribution in [2.24, 2.45) is 0 Å². The monoisotopic (exact) mass is 367 g/mol. The SMILES string of the molecule is Cc1ccc(OCCNC(=O)CSc2ncnc3ccccc23)c(C)c1. The zero-order valence-corrected chi connectivity index (χ0v) is 15.7. The molecule has 2 aromatic carbocycles. The van der Waals surface area contributed by atoms with Gasteiger partial charge >= 0.3 is 0 Å². The van der Waals surface area contributed by atoms with Gasteiger partial charge in [-0.25, -0.2) is 9.97 Å². The molecule has 0 aliphatic carbocycles. The lowest BCUT2D eigenvalue weighted by Gasteiger charge is -2.10. The molecule has 3 rings (SSSR count). The zero-order valence-electron chi connectivity index (χ0n) is 14.9. The number of ether oxygens (including phenoxy) is 1. The summed E-state index contributed by atoms with van der Waals surface area (Å²) in [4.78, 5) is 20.6. The number of nitrogens with one attached hydrogen (secondary N) is 1. The smallest absolute Gasteiger partial charge is 0.230 e. The van der Waals surface area contributed by atoms with E-state index >= 15 is 0 Å². The number of aryl methyl sites for hydroxylation is 2. The van der Waals surface area contributed by atoms with Crippen LogP contribution in [-0.4, -0.2) is 34.8 Å². The summed E-state index contributed by atoms with van der Waals surface area (Å²) in [5.74, 6) is 1.12. The summed E-state index contributed by atoms with van der Waals surface area (Å²) in [5, 5.41) is 4.65. The highest BCUT2D eigenvalue weighted by molar-refractivity contribution is 8.00. The van der Waals surface area contributed by atoms with Crippen LogP contribution in [0.1, 0.15) is 11.1 Å². The summed E-state index contributed by atoms with van der Waals surface area (Å²) in [6.45, 7) is 4.98. The maximum absolute atomic E-state index is 12.0. The highest BCUT2D eigenvalue weighted by atomic mass is 32.2. The molecule has 0 atom stereocenters. The van der Waals surface area contributed by atoms with Gasteiger partial charge in [0.15, 0.2) is 0 Å². The van der Waals surface area contributed by atoms with Crippen LogP contribution in [-0.2, 0) is 4.79 Å². The van der Waals surface area contributed by atoms with Gasteiger partial charge in [-0.3, -0.25) is 4.79 Å². The molecule has 0 bridgehead atoms. The number of amides is 1. The number of rotatable bonds is 7. The number of hydrogen-bond acceptors (Lipinski definition) is 5. The summed E-state index contributed by atoms with van der Waals surface area (Å²) in [6, 6.07) is 13.8. The van der Waals surface area contributed by atoms with E-state index in [1.54, 1.807) is 0 Å². The van der Waals surface area contributed by atoms with Gasteiger partial charge in [-0.2, -0.15) is 0 Å². The van der Waals surface area contributed by atoms with Gasteiger partial charge in [0, 0.05) is 5.39 Å². The van der Waals surface area contributed by atoms with E-state index in [2.05, 4.69) is 28.3 Å². The molecule has 0 fully saturated rings. The van der Waals surface area contributed by atoms with E-state index in [9.17, 15) is 4.79 Å². The third-order valence-corrected chi connectivity index (χ3v) is 4.86. The molecule has 5 nitrogen and oxygen atoms in total. The van der Waals surface area contributed by atoms with Crippen molar-refractivity contribution in [3.8, 4) is 5.75 Å². The molecule has 0 saturated heterocycles. The number of thioether (sulfide) groups is 1. The fourth-order valence-corrected chi connectivity index (χ4v) is 3.41. The van der Waals surface area contributed by atoms with Crippen molar-refractivity contribution in [3.05, 3.63) is 59.9 Å². The Balaban J connectivity index is 1.44. The minimum absolute atomic E-state index is 0.0399. The lowest BCUT2D eigenvalue weighted by atomic mass is 10.1. The van der Waals surface area contributed by atoms with E-state index in [1.807, 2.05) is 43.3 Å². The van der Waals surface area contributed by atoms with Crippen LogP contribution in [0.25, 0.3) is 10.9 Å². The molecule has 0 saturated carbocycles. The number of carbonyl (C=O) groups is 1. The normalized spacial score (nSPS) is 10.7. The minimum Gasteiger partial charge on any atom is -0.491 e. The van der Waals surface area contributed by atoms with Crippen molar-refractivity contribution in [2.45, 2.75) is 18.9 Å². The third-order valence-electron chi connectivity index (χ3n) is 3.86. The first-order valence-corrected chi connectivity index (χ1v) is 9.41. The van der Waals surface area contributed by atoms with E-state index in [-0.39, 0.29) is 5.91 Å². The molecular weight excluding hydrogens is 346 g/mol. The van der Waals surface area contributed by atoms with E-state index in [0.29, 0.717) is 18.9 Å². The average molecular weight is 367 g/mol. The molecule has 0 aliphatic rings. The standard InChI is InChI=1S/C20H21N3O2S/c1-14-7-8-18(15(2)11-14)25-10-9-21-19(24)12-26-20-16-5-3-4-6-17(16)22-13-23-20/h3-8,11,13H,9-10,12H2,1-2H3,(H,21,24). The molecule has 0 spiro atoms. The van der Waals surface area contributed by atoms with E-state index < -0.39 is 0 Å². The Morgan fingerprint density at radius 1 is 1.15 bits per heavy atom. The molecule has 1 N–H and O–H groups in total. The Hall–Kier alpha value is -2.60. The molecule has 6 heteroatoms. The van der Waals surface area contributed by atoms with Crippen LogP contribution in [0.4, 0.5) is 0 Å². The molecule has 134 valence electrons. The van der Waals surface area contributed by atoms with Crippen LogP contribution in [0.15, 0.2) is 53.8 Å².